The molecule has 0 bridgehead atoms. The molecule has 2 aromatic carbocycles. The predicted octanol–water partition coefficient (Wildman–Crippen LogP) is 3.98. The molecule has 5 atom stereocenters. The van der Waals surface area contributed by atoms with Gasteiger partial charge in [-0.25, -0.2) is 26.4 Å². The average molecular weight is 732 g/mol. The molecule has 50 heavy (non-hydrogen) atoms. The van der Waals surface area contributed by atoms with Crippen LogP contribution < -0.4 is 5.73 Å². The summed E-state index contributed by atoms with van der Waals surface area (Å²) in [7, 11) is -8.00. The predicted molar refractivity (Wildman–Crippen MR) is 185 cm³/mol. The van der Waals surface area contributed by atoms with Crippen molar-refractivity contribution >= 4 is 43.6 Å². The van der Waals surface area contributed by atoms with Gasteiger partial charge in [0, 0.05) is 48.4 Å². The van der Waals surface area contributed by atoms with Gasteiger partial charge in [0.15, 0.2) is 0 Å². The van der Waals surface area contributed by atoms with E-state index in [-0.39, 0.29) is 73.1 Å². The van der Waals surface area contributed by atoms with E-state index in [1.54, 1.807) is 13.8 Å². The number of oxime groups is 2. The fourth-order valence-corrected chi connectivity index (χ4v) is 10.5. The summed E-state index contributed by atoms with van der Waals surface area (Å²) in [4.78, 5) is 29.6. The van der Waals surface area contributed by atoms with E-state index in [1.165, 1.54) is 45.0 Å². The topological polar surface area (TPSA) is 198 Å². The normalized spacial score (nSPS) is 23.8. The summed E-state index contributed by atoms with van der Waals surface area (Å²) < 4.78 is 63.2. The second kappa shape index (κ2) is 14.5. The van der Waals surface area contributed by atoms with Gasteiger partial charge >= 0.3 is 12.1 Å². The molecular formula is C34H45N5O9S2. The largest absolute Gasteiger partial charge is 0.543 e. The van der Waals surface area contributed by atoms with Crippen molar-refractivity contribution in [1.29, 1.82) is 0 Å². The van der Waals surface area contributed by atoms with Gasteiger partial charge in [-0.1, -0.05) is 64.0 Å². The number of carbonyl (C=O) groups is 2. The summed E-state index contributed by atoms with van der Waals surface area (Å²) in [6.45, 7) is 12.7. The summed E-state index contributed by atoms with van der Waals surface area (Å²) in [6, 6.07) is 7.24. The lowest BCUT2D eigenvalue weighted by Gasteiger charge is -2.34. The Hall–Kier alpha value is -3.70. The first-order valence-electron chi connectivity index (χ1n) is 16.7. The Morgan fingerprint density at radius 1 is 0.760 bits per heavy atom. The van der Waals surface area contributed by atoms with E-state index >= 15 is 0 Å². The summed E-state index contributed by atoms with van der Waals surface area (Å²) in [5.74, 6) is -0.740. The second-order valence-corrected chi connectivity index (χ2v) is 18.2. The lowest BCUT2D eigenvalue weighted by Crippen LogP contribution is -2.42. The van der Waals surface area contributed by atoms with Crippen LogP contribution >= 0.6 is 0 Å². The van der Waals surface area contributed by atoms with Crippen molar-refractivity contribution < 1.29 is 41.2 Å². The van der Waals surface area contributed by atoms with Crippen LogP contribution in [0.2, 0.25) is 0 Å². The van der Waals surface area contributed by atoms with Crippen molar-refractivity contribution in [1.82, 2.24) is 8.61 Å². The number of nitrogens with zero attached hydrogens (tertiary/aromatic N) is 4. The molecule has 2 saturated heterocycles. The lowest BCUT2D eigenvalue weighted by atomic mass is 9.83. The SMILES string of the molecule is CC(C)[C@H](N)C(=O)OC(=O)ON=C1c2ccc(S(=O)(=O)N3C[C@H](C)C[C@H](C)C3)cc2C(=NO)c2cc(S(=O)(=O)N3C[C@H](C)C[C@H](C)C3)ccc21. The van der Waals surface area contributed by atoms with Crippen molar-refractivity contribution in [3.05, 3.63) is 58.7 Å². The molecule has 3 N–H and O–H groups in total. The van der Waals surface area contributed by atoms with E-state index in [4.69, 9.17) is 15.3 Å². The van der Waals surface area contributed by atoms with E-state index in [2.05, 4.69) is 10.3 Å². The number of esters is 1. The Balaban J connectivity index is 1.61. The third-order valence-corrected chi connectivity index (χ3v) is 13.1. The minimum absolute atomic E-state index is 0.0201. The first kappa shape index (κ1) is 37.6. The van der Waals surface area contributed by atoms with E-state index in [0.717, 1.165) is 12.8 Å². The molecule has 16 heteroatoms. The first-order chi connectivity index (χ1) is 23.4. The van der Waals surface area contributed by atoms with Gasteiger partial charge in [-0.05, 0) is 66.7 Å². The highest BCUT2D eigenvalue weighted by molar-refractivity contribution is 7.89. The quantitative estimate of drug-likeness (QED) is 0.118. The molecule has 2 heterocycles. The standard InChI is InChI=1S/C34H45N5O9S2/c1-19(2)30(35)33(40)47-34(41)48-37-32-26-9-7-24(49(43,44)38-15-20(3)11-21(4)16-38)13-28(26)31(36-42)29-14-25(8-10-27(29)32)50(45,46)39-17-22(5)12-23(6)18-39/h7-10,13-14,19-23,30,42H,11-12,15-18,35H2,1-6H3/t20-,21+,22-,23+,30-/m0/s1. The van der Waals surface area contributed by atoms with Crippen LogP contribution in [-0.4, -0.2) is 86.4 Å². The van der Waals surface area contributed by atoms with E-state index in [1.807, 2.05) is 27.7 Å². The third-order valence-electron chi connectivity index (χ3n) is 9.43. The van der Waals surface area contributed by atoms with Gasteiger partial charge in [0.2, 0.25) is 20.0 Å². The maximum atomic E-state index is 13.9. The monoisotopic (exact) mass is 731 g/mol. The highest BCUT2D eigenvalue weighted by atomic mass is 32.2. The van der Waals surface area contributed by atoms with Crippen molar-refractivity contribution in [3.63, 3.8) is 0 Å². The highest BCUT2D eigenvalue weighted by Crippen LogP contribution is 2.35. The Bertz CT molecular complexity index is 1810. The zero-order chi connectivity index (χ0) is 36.7. The average Bonchev–Trinajstić information content (AvgIpc) is 3.04. The number of benzene rings is 2. The Labute approximate surface area is 293 Å². The summed E-state index contributed by atoms with van der Waals surface area (Å²) in [6.07, 6.45) is 0.335. The molecule has 0 spiro atoms. The number of piperidine rings is 2. The Morgan fingerprint density at radius 3 is 1.56 bits per heavy atom. The third kappa shape index (κ3) is 7.49. The molecule has 1 aliphatic carbocycles. The second-order valence-electron chi connectivity index (χ2n) is 14.4. The molecule has 0 radical (unpaired) electrons. The number of ether oxygens (including phenoxy) is 1. The summed E-state index contributed by atoms with van der Waals surface area (Å²) >= 11 is 0. The van der Waals surface area contributed by atoms with Gasteiger partial charge in [0.25, 0.3) is 0 Å². The molecule has 14 nitrogen and oxygen atoms in total. The number of carbonyl (C=O) groups excluding carboxylic acids is 2. The highest BCUT2D eigenvalue weighted by Gasteiger charge is 2.37. The fraction of sp³-hybridized carbons (Fsp3) is 0.529. The molecule has 3 aliphatic rings. The Morgan fingerprint density at radius 2 is 1.18 bits per heavy atom. The van der Waals surface area contributed by atoms with Gasteiger partial charge in [0.1, 0.15) is 17.5 Å². The van der Waals surface area contributed by atoms with E-state index < -0.39 is 38.2 Å². The molecular weight excluding hydrogens is 687 g/mol. The van der Waals surface area contributed by atoms with Crippen molar-refractivity contribution in [3.8, 4) is 0 Å². The molecule has 5 rings (SSSR count). The van der Waals surface area contributed by atoms with E-state index in [9.17, 15) is 31.6 Å². The number of nitrogens with two attached hydrogens (primary N) is 1. The first-order valence-corrected chi connectivity index (χ1v) is 19.6. The van der Waals surface area contributed by atoms with Gasteiger partial charge < -0.3 is 15.7 Å². The number of sulfonamides is 2. The van der Waals surface area contributed by atoms with Crippen LogP contribution in [0.4, 0.5) is 4.79 Å². The molecule has 2 aliphatic heterocycles. The van der Waals surface area contributed by atoms with Gasteiger partial charge in [-0.3, -0.25) is 4.84 Å². The molecule has 272 valence electrons. The van der Waals surface area contributed by atoms with Crippen molar-refractivity contribution in [2.75, 3.05) is 26.2 Å². The van der Waals surface area contributed by atoms with Crippen LogP contribution in [-0.2, 0) is 34.4 Å². The van der Waals surface area contributed by atoms with E-state index in [0.29, 0.717) is 26.2 Å². The molecule has 0 saturated carbocycles. The molecule has 2 aromatic rings. The van der Waals surface area contributed by atoms with Crippen LogP contribution in [0, 0.1) is 29.6 Å². The number of hydrogen-bond donors (Lipinski definition) is 2. The van der Waals surface area contributed by atoms with Crippen LogP contribution in [0.15, 0.2) is 56.5 Å². The smallest absolute Gasteiger partial charge is 0.410 e. The van der Waals surface area contributed by atoms with Crippen molar-refractivity contribution in [2.45, 2.75) is 70.2 Å². The fourth-order valence-electron chi connectivity index (χ4n) is 7.09. The number of fused-ring (bicyclic) bond motifs is 2. The van der Waals surface area contributed by atoms with Gasteiger partial charge in [-0.2, -0.15) is 8.61 Å². The summed E-state index contributed by atoms with van der Waals surface area (Å²) in [5, 5.41) is 17.9. The zero-order valence-electron chi connectivity index (χ0n) is 29.1. The lowest BCUT2D eigenvalue weighted by molar-refractivity contribution is -0.142. The summed E-state index contributed by atoms with van der Waals surface area (Å²) in [5.41, 5.74) is 6.29. The number of rotatable bonds is 7. The minimum Gasteiger partial charge on any atom is -0.410 e. The molecule has 0 unspecified atom stereocenters. The number of hydrogen-bond acceptors (Lipinski definition) is 12. The maximum absolute atomic E-state index is 13.9. The minimum atomic E-state index is -4.00. The van der Waals surface area contributed by atoms with Crippen LogP contribution in [0.1, 0.15) is 76.6 Å². The molecule has 0 aromatic heterocycles. The van der Waals surface area contributed by atoms with Crippen molar-refractivity contribution in [2.24, 2.45) is 45.6 Å². The molecule has 2 fully saturated rings. The van der Waals surface area contributed by atoms with Gasteiger partial charge in [0.05, 0.1) is 9.79 Å². The van der Waals surface area contributed by atoms with Crippen LogP contribution in [0.3, 0.4) is 0 Å². The van der Waals surface area contributed by atoms with Crippen LogP contribution in [0.5, 0.6) is 0 Å². The maximum Gasteiger partial charge on any atom is 0.543 e. The van der Waals surface area contributed by atoms with Crippen LogP contribution in [0.25, 0.3) is 0 Å². The van der Waals surface area contributed by atoms with Gasteiger partial charge in [-0.15, -0.1) is 0 Å². The zero-order valence-corrected chi connectivity index (χ0v) is 30.7. The Kier molecular flexibility index (Phi) is 10.9. The molecule has 0 amide bonds.